The Morgan fingerprint density at radius 3 is 1.92 bits per heavy atom. The predicted molar refractivity (Wildman–Crippen MR) is 102 cm³/mol. The highest BCUT2D eigenvalue weighted by atomic mass is 16.3. The van der Waals surface area contributed by atoms with Crippen LogP contribution in [-0.4, -0.2) is 53.5 Å². The van der Waals surface area contributed by atoms with Crippen LogP contribution >= 0.6 is 0 Å². The van der Waals surface area contributed by atoms with E-state index < -0.39 is 5.60 Å². The first-order chi connectivity index (χ1) is 12.7. The molecule has 4 nitrogen and oxygen atoms in total. The molecule has 1 amide bonds. The van der Waals surface area contributed by atoms with Crippen molar-refractivity contribution in [2.45, 2.75) is 12.0 Å². The van der Waals surface area contributed by atoms with Crippen LogP contribution in [-0.2, 0) is 10.4 Å². The minimum Gasteiger partial charge on any atom is -0.372 e. The Bertz CT molecular complexity index is 720. The van der Waals surface area contributed by atoms with Gasteiger partial charge in [-0.05, 0) is 11.1 Å². The molecule has 0 radical (unpaired) electrons. The van der Waals surface area contributed by atoms with Crippen molar-refractivity contribution >= 4 is 5.91 Å². The molecule has 0 saturated carbocycles. The number of terminal acetylenes is 1. The number of benzene rings is 2. The van der Waals surface area contributed by atoms with Crippen LogP contribution in [0.4, 0.5) is 0 Å². The maximum atomic E-state index is 13.4. The quantitative estimate of drug-likeness (QED) is 0.842. The van der Waals surface area contributed by atoms with Crippen molar-refractivity contribution in [3.63, 3.8) is 0 Å². The molecule has 1 heterocycles. The molecule has 134 valence electrons. The van der Waals surface area contributed by atoms with E-state index in [1.54, 1.807) is 29.2 Å². The van der Waals surface area contributed by atoms with Gasteiger partial charge in [0.05, 0.1) is 0 Å². The molecule has 26 heavy (non-hydrogen) atoms. The lowest BCUT2D eigenvalue weighted by Crippen LogP contribution is -2.55. The van der Waals surface area contributed by atoms with E-state index in [-0.39, 0.29) is 5.91 Å². The number of amides is 1. The third kappa shape index (κ3) is 3.65. The van der Waals surface area contributed by atoms with Crippen molar-refractivity contribution in [2.75, 3.05) is 32.7 Å². The van der Waals surface area contributed by atoms with Crippen LogP contribution in [0.5, 0.6) is 0 Å². The predicted octanol–water partition coefficient (Wildman–Crippen LogP) is 2.09. The monoisotopic (exact) mass is 348 g/mol. The van der Waals surface area contributed by atoms with Crippen molar-refractivity contribution in [3.05, 3.63) is 71.8 Å². The minimum atomic E-state index is -1.68. The molecule has 0 atom stereocenters. The Kier molecular flexibility index (Phi) is 5.72. The van der Waals surface area contributed by atoms with Crippen LogP contribution in [0.2, 0.25) is 0 Å². The Morgan fingerprint density at radius 1 is 0.962 bits per heavy atom. The van der Waals surface area contributed by atoms with Crippen LogP contribution in [0, 0.1) is 12.3 Å². The second kappa shape index (κ2) is 8.18. The van der Waals surface area contributed by atoms with E-state index in [1.807, 2.05) is 36.4 Å². The molecule has 1 aliphatic heterocycles. The second-order valence-electron chi connectivity index (χ2n) is 6.53. The zero-order chi connectivity index (χ0) is 18.4. The van der Waals surface area contributed by atoms with Crippen molar-refractivity contribution in [3.8, 4) is 12.3 Å². The fraction of sp³-hybridized carbons (Fsp3) is 0.318. The van der Waals surface area contributed by atoms with E-state index in [9.17, 15) is 9.90 Å². The van der Waals surface area contributed by atoms with Gasteiger partial charge in [0.25, 0.3) is 5.91 Å². The molecular weight excluding hydrogens is 324 g/mol. The maximum absolute atomic E-state index is 13.4. The SMILES string of the molecule is C#CCCN1CCN(C(=O)C(O)(c2ccccc2)c2ccccc2)CC1. The zero-order valence-electron chi connectivity index (χ0n) is 14.8. The molecule has 0 unspecified atom stereocenters. The van der Waals surface area contributed by atoms with Crippen LogP contribution in [0.1, 0.15) is 17.5 Å². The van der Waals surface area contributed by atoms with Crippen LogP contribution in [0.3, 0.4) is 0 Å². The number of aliphatic hydroxyl groups is 1. The fourth-order valence-corrected chi connectivity index (χ4v) is 3.40. The molecule has 1 saturated heterocycles. The lowest BCUT2D eigenvalue weighted by molar-refractivity contribution is -0.150. The van der Waals surface area contributed by atoms with Crippen LogP contribution in [0.25, 0.3) is 0 Å². The van der Waals surface area contributed by atoms with E-state index in [0.29, 0.717) is 30.6 Å². The number of nitrogens with zero attached hydrogens (tertiary/aromatic N) is 2. The summed E-state index contributed by atoms with van der Waals surface area (Å²) in [5.41, 5.74) is -0.499. The van der Waals surface area contributed by atoms with Crippen molar-refractivity contribution in [1.29, 1.82) is 0 Å². The average molecular weight is 348 g/mol. The number of carbonyl (C=O) groups excluding carboxylic acids is 1. The Labute approximate surface area is 155 Å². The molecular formula is C22H24N2O2. The number of carbonyl (C=O) groups is 1. The van der Waals surface area contributed by atoms with E-state index in [1.165, 1.54) is 0 Å². The summed E-state index contributed by atoms with van der Waals surface area (Å²) in [7, 11) is 0. The average Bonchev–Trinajstić information content (AvgIpc) is 2.73. The Hall–Kier alpha value is -2.61. The summed E-state index contributed by atoms with van der Waals surface area (Å²) in [4.78, 5) is 17.4. The number of hydrogen-bond donors (Lipinski definition) is 1. The van der Waals surface area contributed by atoms with E-state index in [0.717, 1.165) is 19.6 Å². The van der Waals surface area contributed by atoms with Gasteiger partial charge in [0.2, 0.25) is 0 Å². The summed E-state index contributed by atoms with van der Waals surface area (Å²) in [6.45, 7) is 3.57. The molecule has 3 rings (SSSR count). The van der Waals surface area contributed by atoms with E-state index in [2.05, 4.69) is 10.8 Å². The summed E-state index contributed by atoms with van der Waals surface area (Å²) < 4.78 is 0. The standard InChI is InChI=1S/C22H24N2O2/c1-2-3-14-23-15-17-24(18-16-23)21(25)22(26,19-10-6-4-7-11-19)20-12-8-5-9-13-20/h1,4-13,26H,3,14-18H2. The highest BCUT2D eigenvalue weighted by Crippen LogP contribution is 2.32. The summed E-state index contributed by atoms with van der Waals surface area (Å²) in [5.74, 6) is 2.38. The van der Waals surface area contributed by atoms with E-state index in [4.69, 9.17) is 6.42 Å². The number of piperazine rings is 1. The van der Waals surface area contributed by atoms with Gasteiger partial charge in [-0.1, -0.05) is 60.7 Å². The first-order valence-electron chi connectivity index (χ1n) is 8.95. The van der Waals surface area contributed by atoms with Gasteiger partial charge in [0, 0.05) is 39.1 Å². The van der Waals surface area contributed by atoms with Crippen LogP contribution in [0.15, 0.2) is 60.7 Å². The van der Waals surface area contributed by atoms with Gasteiger partial charge in [-0.15, -0.1) is 12.3 Å². The van der Waals surface area contributed by atoms with Crippen molar-refractivity contribution in [1.82, 2.24) is 9.80 Å². The van der Waals surface area contributed by atoms with Gasteiger partial charge >= 0.3 is 0 Å². The molecule has 0 spiro atoms. The molecule has 2 aromatic rings. The van der Waals surface area contributed by atoms with Gasteiger partial charge in [0.1, 0.15) is 0 Å². The summed E-state index contributed by atoms with van der Waals surface area (Å²) in [6, 6.07) is 18.3. The van der Waals surface area contributed by atoms with Gasteiger partial charge in [-0.25, -0.2) is 0 Å². The molecule has 1 fully saturated rings. The number of hydrogen-bond acceptors (Lipinski definition) is 3. The molecule has 0 aliphatic carbocycles. The summed E-state index contributed by atoms with van der Waals surface area (Å²) >= 11 is 0. The first kappa shape index (κ1) is 18.2. The fourth-order valence-electron chi connectivity index (χ4n) is 3.40. The lowest BCUT2D eigenvalue weighted by Gasteiger charge is -2.39. The van der Waals surface area contributed by atoms with Gasteiger partial charge in [-0.3, -0.25) is 9.69 Å². The Balaban J connectivity index is 1.85. The van der Waals surface area contributed by atoms with E-state index >= 15 is 0 Å². The lowest BCUT2D eigenvalue weighted by atomic mass is 9.85. The summed E-state index contributed by atoms with van der Waals surface area (Å²) in [5, 5.41) is 11.6. The smallest absolute Gasteiger partial charge is 0.264 e. The topological polar surface area (TPSA) is 43.8 Å². The second-order valence-corrected chi connectivity index (χ2v) is 6.53. The normalized spacial score (nSPS) is 15.5. The number of rotatable bonds is 5. The molecule has 0 aromatic heterocycles. The molecule has 2 aromatic carbocycles. The molecule has 1 N–H and O–H groups in total. The highest BCUT2D eigenvalue weighted by molar-refractivity contribution is 5.90. The largest absolute Gasteiger partial charge is 0.372 e. The maximum Gasteiger partial charge on any atom is 0.264 e. The molecule has 4 heteroatoms. The van der Waals surface area contributed by atoms with Gasteiger partial charge in [0.15, 0.2) is 5.60 Å². The summed E-state index contributed by atoms with van der Waals surface area (Å²) in [6.07, 6.45) is 6.05. The molecule has 0 bridgehead atoms. The zero-order valence-corrected chi connectivity index (χ0v) is 14.8. The molecule has 1 aliphatic rings. The Morgan fingerprint density at radius 2 is 1.46 bits per heavy atom. The third-order valence-electron chi connectivity index (χ3n) is 4.92. The van der Waals surface area contributed by atoms with Gasteiger partial charge in [-0.2, -0.15) is 0 Å². The van der Waals surface area contributed by atoms with Crippen molar-refractivity contribution < 1.29 is 9.90 Å². The first-order valence-corrected chi connectivity index (χ1v) is 8.95. The van der Waals surface area contributed by atoms with Crippen LogP contribution < -0.4 is 0 Å². The highest BCUT2D eigenvalue weighted by Gasteiger charge is 2.43. The van der Waals surface area contributed by atoms with Gasteiger partial charge < -0.3 is 10.0 Å². The third-order valence-corrected chi connectivity index (χ3v) is 4.92. The van der Waals surface area contributed by atoms with Crippen molar-refractivity contribution in [2.24, 2.45) is 0 Å². The minimum absolute atomic E-state index is 0.272.